The number of aromatic nitrogens is 2. The van der Waals surface area contributed by atoms with E-state index in [4.69, 9.17) is 14.9 Å². The number of hydrogen-bond acceptors (Lipinski definition) is 7. The minimum absolute atomic E-state index is 0.250. The molecule has 4 aromatic rings. The van der Waals surface area contributed by atoms with Crippen molar-refractivity contribution in [2.75, 3.05) is 31.6 Å². The Hall–Kier alpha value is -4.21. The predicted octanol–water partition coefficient (Wildman–Crippen LogP) is 3.99. The molecular weight excluding hydrogens is 470 g/mol. The predicted molar refractivity (Wildman–Crippen MR) is 142 cm³/mol. The molecule has 1 amide bonds. The standard InChI is InChI=1S/C28H29N5O4/c1-17-9-19(16-33-5-7-36-8-6-33)11-23(10-17)32-28-31-15-24(37-28)20-12-21(14-22(13-20)26(29)34)25-18(2)3-4-30-27(25)35/h3-4,9-15H,5-8,16H2,1-2H3,(H2,29,34)(H,30,35)(H,31,32). The summed E-state index contributed by atoms with van der Waals surface area (Å²) in [6.07, 6.45) is 3.17. The van der Waals surface area contributed by atoms with Crippen LogP contribution in [0.15, 0.2) is 64.1 Å². The summed E-state index contributed by atoms with van der Waals surface area (Å²) >= 11 is 0. The van der Waals surface area contributed by atoms with Crippen LogP contribution in [-0.2, 0) is 11.3 Å². The van der Waals surface area contributed by atoms with Crippen LogP contribution in [0.4, 0.5) is 11.7 Å². The molecule has 190 valence electrons. The zero-order chi connectivity index (χ0) is 25.9. The van der Waals surface area contributed by atoms with Gasteiger partial charge >= 0.3 is 0 Å². The number of anilines is 2. The summed E-state index contributed by atoms with van der Waals surface area (Å²) in [4.78, 5) is 34.0. The molecule has 0 aliphatic carbocycles. The van der Waals surface area contributed by atoms with Gasteiger partial charge in [0, 0.05) is 48.2 Å². The largest absolute Gasteiger partial charge is 0.423 e. The highest BCUT2D eigenvalue weighted by atomic mass is 16.5. The van der Waals surface area contributed by atoms with E-state index in [1.165, 1.54) is 5.56 Å². The van der Waals surface area contributed by atoms with Gasteiger partial charge < -0.3 is 25.2 Å². The van der Waals surface area contributed by atoms with E-state index in [1.54, 1.807) is 36.7 Å². The highest BCUT2D eigenvalue weighted by Gasteiger charge is 2.16. The van der Waals surface area contributed by atoms with Gasteiger partial charge in [0.05, 0.1) is 19.4 Å². The van der Waals surface area contributed by atoms with Crippen LogP contribution in [0.5, 0.6) is 0 Å². The number of ether oxygens (including phenoxy) is 1. The number of carbonyl (C=O) groups is 1. The Morgan fingerprint density at radius 3 is 2.65 bits per heavy atom. The van der Waals surface area contributed by atoms with Crippen LogP contribution in [0.3, 0.4) is 0 Å². The first-order valence-corrected chi connectivity index (χ1v) is 12.1. The van der Waals surface area contributed by atoms with E-state index in [-0.39, 0.29) is 11.1 Å². The number of carbonyl (C=O) groups excluding carboxylic acids is 1. The van der Waals surface area contributed by atoms with Crippen molar-refractivity contribution < 1.29 is 13.9 Å². The van der Waals surface area contributed by atoms with Gasteiger partial charge in [0.15, 0.2) is 5.76 Å². The Balaban J connectivity index is 1.43. The van der Waals surface area contributed by atoms with Gasteiger partial charge in [-0.3, -0.25) is 14.5 Å². The van der Waals surface area contributed by atoms with Gasteiger partial charge in [-0.25, -0.2) is 4.98 Å². The van der Waals surface area contributed by atoms with Crippen LogP contribution >= 0.6 is 0 Å². The van der Waals surface area contributed by atoms with Gasteiger partial charge in [0.25, 0.3) is 11.6 Å². The summed E-state index contributed by atoms with van der Waals surface area (Å²) in [5, 5.41) is 3.25. The summed E-state index contributed by atoms with van der Waals surface area (Å²) in [5.74, 6) is -0.156. The third-order valence-electron chi connectivity index (χ3n) is 6.36. The van der Waals surface area contributed by atoms with Gasteiger partial charge in [-0.15, -0.1) is 0 Å². The Labute approximate surface area is 214 Å². The van der Waals surface area contributed by atoms with Crippen LogP contribution in [0.25, 0.3) is 22.5 Å². The van der Waals surface area contributed by atoms with E-state index in [0.717, 1.165) is 49.7 Å². The van der Waals surface area contributed by atoms with Crippen molar-refractivity contribution in [2.24, 2.45) is 5.73 Å². The number of nitrogens with zero attached hydrogens (tertiary/aromatic N) is 2. The maximum Gasteiger partial charge on any atom is 0.299 e. The third-order valence-corrected chi connectivity index (χ3v) is 6.36. The Bertz CT molecular complexity index is 1500. The van der Waals surface area contributed by atoms with E-state index in [2.05, 4.69) is 39.2 Å². The molecule has 37 heavy (non-hydrogen) atoms. The second kappa shape index (κ2) is 10.4. The lowest BCUT2D eigenvalue weighted by Crippen LogP contribution is -2.35. The molecule has 1 aliphatic rings. The number of H-pyrrole nitrogens is 1. The number of nitrogens with two attached hydrogens (primary N) is 1. The third kappa shape index (κ3) is 5.63. The number of hydrogen-bond donors (Lipinski definition) is 3. The number of nitrogens with one attached hydrogen (secondary N) is 2. The smallest absolute Gasteiger partial charge is 0.299 e. The summed E-state index contributed by atoms with van der Waals surface area (Å²) in [6, 6.07) is 13.5. The first kappa shape index (κ1) is 24.5. The summed E-state index contributed by atoms with van der Waals surface area (Å²) in [7, 11) is 0. The molecule has 9 nitrogen and oxygen atoms in total. The average molecular weight is 500 g/mol. The average Bonchev–Trinajstić information content (AvgIpc) is 3.32. The van der Waals surface area contributed by atoms with Gasteiger partial charge in [0.2, 0.25) is 5.91 Å². The number of rotatable bonds is 7. The van der Waals surface area contributed by atoms with Crippen molar-refractivity contribution in [3.8, 4) is 22.5 Å². The topological polar surface area (TPSA) is 126 Å². The number of pyridine rings is 1. The Kier molecular flexibility index (Phi) is 6.89. The van der Waals surface area contributed by atoms with Crippen molar-refractivity contribution in [3.63, 3.8) is 0 Å². The summed E-state index contributed by atoms with van der Waals surface area (Å²) in [6.45, 7) is 8.09. The lowest BCUT2D eigenvalue weighted by molar-refractivity contribution is 0.0342. The monoisotopic (exact) mass is 499 g/mol. The van der Waals surface area contributed by atoms with Crippen molar-refractivity contribution in [2.45, 2.75) is 20.4 Å². The second-order valence-corrected chi connectivity index (χ2v) is 9.28. The van der Waals surface area contributed by atoms with Crippen molar-refractivity contribution in [1.29, 1.82) is 0 Å². The number of aryl methyl sites for hydroxylation is 2. The molecule has 9 heteroatoms. The van der Waals surface area contributed by atoms with E-state index in [0.29, 0.717) is 28.5 Å². The molecule has 2 aromatic heterocycles. The van der Waals surface area contributed by atoms with Gasteiger partial charge in [-0.1, -0.05) is 6.07 Å². The molecule has 2 aromatic carbocycles. The minimum atomic E-state index is -0.599. The van der Waals surface area contributed by atoms with E-state index >= 15 is 0 Å². The molecule has 0 unspecified atom stereocenters. The Morgan fingerprint density at radius 2 is 1.89 bits per heavy atom. The van der Waals surface area contributed by atoms with E-state index in [9.17, 15) is 9.59 Å². The zero-order valence-corrected chi connectivity index (χ0v) is 20.8. The van der Waals surface area contributed by atoms with Crippen LogP contribution in [0.1, 0.15) is 27.0 Å². The Morgan fingerprint density at radius 1 is 1.11 bits per heavy atom. The second-order valence-electron chi connectivity index (χ2n) is 9.28. The number of primary amides is 1. The molecule has 3 heterocycles. The first-order chi connectivity index (χ1) is 17.9. The van der Waals surface area contributed by atoms with E-state index in [1.807, 2.05) is 13.0 Å². The summed E-state index contributed by atoms with van der Waals surface area (Å²) in [5.41, 5.74) is 11.2. The fourth-order valence-electron chi connectivity index (χ4n) is 4.62. The highest BCUT2D eigenvalue weighted by Crippen LogP contribution is 2.30. The number of morpholine rings is 1. The molecule has 4 N–H and O–H groups in total. The molecule has 1 aliphatic heterocycles. The maximum absolute atomic E-state index is 12.5. The van der Waals surface area contributed by atoms with Crippen molar-refractivity contribution in [1.82, 2.24) is 14.9 Å². The lowest BCUT2D eigenvalue weighted by atomic mass is 9.97. The highest BCUT2D eigenvalue weighted by molar-refractivity contribution is 5.96. The van der Waals surface area contributed by atoms with Crippen LogP contribution in [0.2, 0.25) is 0 Å². The zero-order valence-electron chi connectivity index (χ0n) is 20.8. The van der Waals surface area contributed by atoms with Crippen molar-refractivity contribution in [3.05, 3.63) is 87.5 Å². The molecular formula is C28H29N5O4. The molecule has 5 rings (SSSR count). The quantitative estimate of drug-likeness (QED) is 0.351. The van der Waals surface area contributed by atoms with Crippen LogP contribution < -0.4 is 16.6 Å². The van der Waals surface area contributed by atoms with Crippen LogP contribution in [-0.4, -0.2) is 47.1 Å². The number of amides is 1. The van der Waals surface area contributed by atoms with Gasteiger partial charge in [-0.2, -0.15) is 0 Å². The first-order valence-electron chi connectivity index (χ1n) is 12.1. The molecule has 0 radical (unpaired) electrons. The normalized spacial score (nSPS) is 14.0. The maximum atomic E-state index is 12.5. The SMILES string of the molecule is Cc1cc(CN2CCOCC2)cc(Nc2ncc(-c3cc(C(N)=O)cc(-c4c(C)cc[nH]c4=O)c3)o2)c1. The number of benzene rings is 2. The summed E-state index contributed by atoms with van der Waals surface area (Å²) < 4.78 is 11.5. The molecule has 1 fully saturated rings. The van der Waals surface area contributed by atoms with Crippen LogP contribution in [0, 0.1) is 13.8 Å². The minimum Gasteiger partial charge on any atom is -0.423 e. The number of aromatic amines is 1. The van der Waals surface area contributed by atoms with E-state index < -0.39 is 5.91 Å². The lowest BCUT2D eigenvalue weighted by Gasteiger charge is -2.26. The van der Waals surface area contributed by atoms with Crippen molar-refractivity contribution >= 4 is 17.6 Å². The van der Waals surface area contributed by atoms with Gasteiger partial charge in [-0.05, 0) is 72.5 Å². The fourth-order valence-corrected chi connectivity index (χ4v) is 4.62. The molecule has 0 saturated carbocycles. The molecule has 0 spiro atoms. The molecule has 0 bridgehead atoms. The molecule has 1 saturated heterocycles. The number of oxazole rings is 1. The fraction of sp³-hybridized carbons (Fsp3) is 0.250. The molecule has 0 atom stereocenters. The van der Waals surface area contributed by atoms with Gasteiger partial charge in [0.1, 0.15) is 0 Å².